The molecule has 2 atom stereocenters. The zero-order valence-corrected chi connectivity index (χ0v) is 6.73. The molecule has 1 fully saturated rings. The summed E-state index contributed by atoms with van der Waals surface area (Å²) < 4.78 is 5.27. The zero-order chi connectivity index (χ0) is 7.56. The van der Waals surface area contributed by atoms with Gasteiger partial charge < -0.3 is 4.74 Å². The summed E-state index contributed by atoms with van der Waals surface area (Å²) in [5.74, 6) is -0.0494. The van der Waals surface area contributed by atoms with E-state index in [1.165, 1.54) is 0 Å². The van der Waals surface area contributed by atoms with E-state index in [0.29, 0.717) is 6.61 Å². The fourth-order valence-electron chi connectivity index (χ4n) is 1.31. The highest BCUT2D eigenvalue weighted by Crippen LogP contribution is 2.24. The molecule has 0 aromatic heterocycles. The van der Waals surface area contributed by atoms with Gasteiger partial charge in [0.1, 0.15) is 0 Å². The Morgan fingerprint density at radius 1 is 1.80 bits per heavy atom. The molecule has 1 rings (SSSR count). The third kappa shape index (κ3) is 1.50. The molecule has 0 bridgehead atoms. The molecule has 58 valence electrons. The molecule has 10 heavy (non-hydrogen) atoms. The van der Waals surface area contributed by atoms with E-state index >= 15 is 0 Å². The number of carbonyl (C=O) groups excluding carboxylic acids is 1. The summed E-state index contributed by atoms with van der Waals surface area (Å²) in [5, 5.41) is -0.246. The number of ether oxygens (including phenoxy) is 1. The van der Waals surface area contributed by atoms with Crippen LogP contribution < -0.4 is 0 Å². The van der Waals surface area contributed by atoms with Gasteiger partial charge in [-0.2, -0.15) is 0 Å². The maximum Gasteiger partial charge on any atom is 0.227 e. The fraction of sp³-hybridized carbons (Fsp3) is 0.857. The second-order valence-corrected chi connectivity index (χ2v) is 2.89. The Hall–Kier alpha value is -0.0800. The summed E-state index contributed by atoms with van der Waals surface area (Å²) in [6.07, 6.45) is 1.74. The molecular formula is C7H11ClO2. The summed E-state index contributed by atoms with van der Waals surface area (Å²) in [6, 6.07) is 0. The average molecular weight is 163 g/mol. The molecule has 0 spiro atoms. The van der Waals surface area contributed by atoms with E-state index in [1.807, 2.05) is 6.92 Å². The van der Waals surface area contributed by atoms with Crippen LogP contribution in [0.4, 0.5) is 0 Å². The van der Waals surface area contributed by atoms with Crippen molar-refractivity contribution in [1.29, 1.82) is 0 Å². The predicted octanol–water partition coefficient (Wildman–Crippen LogP) is 1.57. The first-order chi connectivity index (χ1) is 4.75. The van der Waals surface area contributed by atoms with Gasteiger partial charge in [0.05, 0.1) is 12.0 Å². The van der Waals surface area contributed by atoms with Gasteiger partial charge >= 0.3 is 0 Å². The van der Waals surface area contributed by atoms with E-state index in [0.717, 1.165) is 12.8 Å². The van der Waals surface area contributed by atoms with Crippen LogP contribution in [0.15, 0.2) is 0 Å². The van der Waals surface area contributed by atoms with Crippen LogP contribution in [0.2, 0.25) is 0 Å². The minimum absolute atomic E-state index is 0.0494. The van der Waals surface area contributed by atoms with Gasteiger partial charge in [-0.15, -0.1) is 0 Å². The first kappa shape index (κ1) is 8.02. The molecule has 1 aliphatic heterocycles. The Morgan fingerprint density at radius 3 is 2.90 bits per heavy atom. The van der Waals surface area contributed by atoms with Crippen LogP contribution in [0.25, 0.3) is 0 Å². The topological polar surface area (TPSA) is 26.3 Å². The van der Waals surface area contributed by atoms with E-state index in [-0.39, 0.29) is 17.3 Å². The highest BCUT2D eigenvalue weighted by Gasteiger charge is 2.31. The van der Waals surface area contributed by atoms with Crippen molar-refractivity contribution in [3.8, 4) is 0 Å². The number of carbonyl (C=O) groups is 1. The van der Waals surface area contributed by atoms with Gasteiger partial charge in [0.15, 0.2) is 0 Å². The maximum atomic E-state index is 10.7. The number of hydrogen-bond acceptors (Lipinski definition) is 2. The van der Waals surface area contributed by atoms with E-state index in [1.54, 1.807) is 0 Å². The predicted molar refractivity (Wildman–Crippen MR) is 39.0 cm³/mol. The zero-order valence-electron chi connectivity index (χ0n) is 5.97. The van der Waals surface area contributed by atoms with Gasteiger partial charge in [-0.1, -0.05) is 6.92 Å². The number of halogens is 1. The lowest BCUT2D eigenvalue weighted by atomic mass is 10.0. The van der Waals surface area contributed by atoms with Gasteiger partial charge in [-0.3, -0.25) is 4.79 Å². The second-order valence-electron chi connectivity index (χ2n) is 2.52. The molecule has 0 radical (unpaired) electrons. The molecule has 0 N–H and O–H groups in total. The molecule has 0 aliphatic carbocycles. The van der Waals surface area contributed by atoms with Gasteiger partial charge in [0.25, 0.3) is 0 Å². The number of rotatable bonds is 2. The van der Waals surface area contributed by atoms with Crippen LogP contribution in [0.5, 0.6) is 0 Å². The van der Waals surface area contributed by atoms with E-state index in [9.17, 15) is 4.79 Å². The molecule has 0 amide bonds. The summed E-state index contributed by atoms with van der Waals surface area (Å²) in [7, 11) is 0. The smallest absolute Gasteiger partial charge is 0.227 e. The van der Waals surface area contributed by atoms with Crippen molar-refractivity contribution in [2.24, 2.45) is 5.92 Å². The molecule has 3 heteroatoms. The van der Waals surface area contributed by atoms with E-state index in [2.05, 4.69) is 0 Å². The van der Waals surface area contributed by atoms with E-state index in [4.69, 9.17) is 16.3 Å². The molecule has 2 nitrogen and oxygen atoms in total. The summed E-state index contributed by atoms with van der Waals surface area (Å²) in [4.78, 5) is 10.7. The SMILES string of the molecule is CCC1OCCC1C(=O)Cl. The number of hydrogen-bond donors (Lipinski definition) is 0. The quantitative estimate of drug-likeness (QED) is 0.577. The molecule has 1 saturated heterocycles. The Morgan fingerprint density at radius 2 is 2.50 bits per heavy atom. The standard InChI is InChI=1S/C7H11ClO2/c1-2-6-5(7(8)9)3-4-10-6/h5-6H,2-4H2,1H3. The van der Waals surface area contributed by atoms with Crippen LogP contribution in [0, 0.1) is 5.92 Å². The molecule has 2 unspecified atom stereocenters. The Kier molecular flexibility index (Phi) is 2.69. The monoisotopic (exact) mass is 162 g/mol. The van der Waals surface area contributed by atoms with Crippen molar-refractivity contribution in [2.75, 3.05) is 6.61 Å². The third-order valence-electron chi connectivity index (χ3n) is 1.90. The van der Waals surface area contributed by atoms with Gasteiger partial charge in [-0.05, 0) is 24.4 Å². The van der Waals surface area contributed by atoms with Crippen LogP contribution in [-0.4, -0.2) is 18.0 Å². The van der Waals surface area contributed by atoms with Crippen molar-refractivity contribution in [1.82, 2.24) is 0 Å². The summed E-state index contributed by atoms with van der Waals surface area (Å²) >= 11 is 5.34. The first-order valence-corrected chi connectivity index (χ1v) is 3.94. The van der Waals surface area contributed by atoms with Gasteiger partial charge in [-0.25, -0.2) is 0 Å². The first-order valence-electron chi connectivity index (χ1n) is 3.56. The van der Waals surface area contributed by atoms with E-state index < -0.39 is 0 Å². The van der Waals surface area contributed by atoms with Crippen LogP contribution in [-0.2, 0) is 9.53 Å². The fourth-order valence-corrected chi connectivity index (χ4v) is 1.56. The largest absolute Gasteiger partial charge is 0.377 e. The molecular weight excluding hydrogens is 152 g/mol. The van der Waals surface area contributed by atoms with Crippen LogP contribution in [0.1, 0.15) is 19.8 Å². The summed E-state index contributed by atoms with van der Waals surface area (Å²) in [5.41, 5.74) is 0. The van der Waals surface area contributed by atoms with Gasteiger partial charge in [0.2, 0.25) is 5.24 Å². The molecule has 0 aromatic rings. The third-order valence-corrected chi connectivity index (χ3v) is 2.18. The van der Waals surface area contributed by atoms with Crippen molar-refractivity contribution in [3.63, 3.8) is 0 Å². The highest BCUT2D eigenvalue weighted by atomic mass is 35.5. The molecule has 1 heterocycles. The van der Waals surface area contributed by atoms with Crippen molar-refractivity contribution < 1.29 is 9.53 Å². The second kappa shape index (κ2) is 3.35. The Bertz CT molecular complexity index is 136. The maximum absolute atomic E-state index is 10.7. The lowest BCUT2D eigenvalue weighted by molar-refractivity contribution is -0.116. The van der Waals surface area contributed by atoms with Crippen molar-refractivity contribution in [3.05, 3.63) is 0 Å². The Balaban J connectivity index is 2.50. The van der Waals surface area contributed by atoms with Crippen molar-refractivity contribution in [2.45, 2.75) is 25.9 Å². The highest BCUT2D eigenvalue weighted by molar-refractivity contribution is 6.64. The minimum atomic E-state index is -0.246. The molecule has 0 aromatic carbocycles. The van der Waals surface area contributed by atoms with Crippen LogP contribution >= 0.6 is 11.6 Å². The molecule has 0 saturated carbocycles. The lowest BCUT2D eigenvalue weighted by Crippen LogP contribution is -2.19. The van der Waals surface area contributed by atoms with Crippen LogP contribution in [0.3, 0.4) is 0 Å². The van der Waals surface area contributed by atoms with Crippen molar-refractivity contribution >= 4 is 16.8 Å². The minimum Gasteiger partial charge on any atom is -0.377 e. The normalized spacial score (nSPS) is 32.6. The average Bonchev–Trinajstić information content (AvgIpc) is 2.33. The Labute approximate surface area is 65.5 Å². The summed E-state index contributed by atoms with van der Waals surface area (Å²) in [6.45, 7) is 2.68. The van der Waals surface area contributed by atoms with Gasteiger partial charge in [0, 0.05) is 6.61 Å². The molecule has 1 aliphatic rings. The lowest BCUT2D eigenvalue weighted by Gasteiger charge is -2.11.